The van der Waals surface area contributed by atoms with E-state index in [1.807, 2.05) is 0 Å². The molecule has 2 aromatic rings. The van der Waals surface area contributed by atoms with Gasteiger partial charge in [-0.2, -0.15) is 13.2 Å². The molecule has 178 valence electrons. The molecule has 0 saturated carbocycles. The highest BCUT2D eigenvalue weighted by Gasteiger charge is 2.44. The van der Waals surface area contributed by atoms with Crippen LogP contribution in [0.25, 0.3) is 0 Å². The molecule has 0 bridgehead atoms. The molecule has 1 heterocycles. The summed E-state index contributed by atoms with van der Waals surface area (Å²) in [5.41, 5.74) is -2.08. The average molecular weight is 491 g/mol. The lowest BCUT2D eigenvalue weighted by Crippen LogP contribution is -2.37. The van der Waals surface area contributed by atoms with Crippen LogP contribution in [0.3, 0.4) is 0 Å². The number of halogens is 3. The molecule has 1 unspecified atom stereocenters. The standard InChI is InChI=1S/C24H20F3NO5S/c25-24(26,27)16-10-5-4-9-15(16)20-21-17(11-6-12-19(21)29)28-18(22(20)23(30)31)13-34(32,33)14-7-2-1-3-8-14/h1-5,7-10,20,28H,6,11-13H2,(H,30,31). The van der Waals surface area contributed by atoms with Gasteiger partial charge in [-0.1, -0.05) is 36.4 Å². The predicted molar refractivity (Wildman–Crippen MR) is 116 cm³/mol. The van der Waals surface area contributed by atoms with Crippen molar-refractivity contribution in [1.82, 2.24) is 5.32 Å². The lowest BCUT2D eigenvalue weighted by atomic mass is 9.74. The fourth-order valence-corrected chi connectivity index (χ4v) is 5.83. The van der Waals surface area contributed by atoms with Gasteiger partial charge in [-0.15, -0.1) is 0 Å². The van der Waals surface area contributed by atoms with E-state index in [1.165, 1.54) is 36.4 Å². The minimum absolute atomic E-state index is 0.0544. The summed E-state index contributed by atoms with van der Waals surface area (Å²) in [6, 6.07) is 11.8. The van der Waals surface area contributed by atoms with Crippen LogP contribution in [-0.2, 0) is 25.6 Å². The van der Waals surface area contributed by atoms with Crippen LogP contribution >= 0.6 is 0 Å². The smallest absolute Gasteiger partial charge is 0.416 e. The van der Waals surface area contributed by atoms with Gasteiger partial charge in [0.25, 0.3) is 0 Å². The van der Waals surface area contributed by atoms with Crippen molar-refractivity contribution < 1.29 is 36.3 Å². The number of hydrogen-bond donors (Lipinski definition) is 2. The van der Waals surface area contributed by atoms with Crippen LogP contribution in [0.2, 0.25) is 0 Å². The first kappa shape index (κ1) is 23.7. The molecule has 4 rings (SSSR count). The fourth-order valence-electron chi connectivity index (χ4n) is 4.48. The Morgan fingerprint density at radius 3 is 2.32 bits per heavy atom. The first-order valence-electron chi connectivity index (χ1n) is 10.4. The van der Waals surface area contributed by atoms with Crippen LogP contribution in [0.15, 0.2) is 82.0 Å². The monoisotopic (exact) mass is 491 g/mol. The SMILES string of the molecule is O=C(O)C1=C(CS(=O)(=O)c2ccccc2)NC2=C(C(=O)CCC2)C1c1ccccc1C(F)(F)F. The van der Waals surface area contributed by atoms with Crippen LogP contribution < -0.4 is 5.32 Å². The molecule has 6 nitrogen and oxygen atoms in total. The highest BCUT2D eigenvalue weighted by Crippen LogP contribution is 2.46. The number of allylic oxidation sites excluding steroid dienone is 2. The number of Topliss-reactive ketones (excluding diaryl/α,β-unsaturated/α-hetero) is 1. The van der Waals surface area contributed by atoms with Crippen molar-refractivity contribution in [3.8, 4) is 0 Å². The molecule has 0 amide bonds. The molecule has 1 atom stereocenters. The second-order valence-electron chi connectivity index (χ2n) is 8.08. The predicted octanol–water partition coefficient (Wildman–Crippen LogP) is 4.21. The molecule has 1 aliphatic heterocycles. The summed E-state index contributed by atoms with van der Waals surface area (Å²) in [7, 11) is -4.04. The topological polar surface area (TPSA) is 101 Å². The van der Waals surface area contributed by atoms with Crippen molar-refractivity contribution in [1.29, 1.82) is 0 Å². The number of carbonyl (C=O) groups is 2. The Bertz CT molecular complexity index is 1330. The zero-order chi connectivity index (χ0) is 24.7. The van der Waals surface area contributed by atoms with Gasteiger partial charge in [-0.25, -0.2) is 13.2 Å². The van der Waals surface area contributed by atoms with E-state index in [0.717, 1.165) is 12.1 Å². The summed E-state index contributed by atoms with van der Waals surface area (Å²) in [5, 5.41) is 12.9. The summed E-state index contributed by atoms with van der Waals surface area (Å²) in [5.74, 6) is -4.38. The molecule has 0 aromatic heterocycles. The number of aliphatic carboxylic acids is 1. The van der Waals surface area contributed by atoms with E-state index in [1.54, 1.807) is 6.07 Å². The number of benzene rings is 2. The number of hydrogen-bond acceptors (Lipinski definition) is 5. The maximum atomic E-state index is 13.9. The number of nitrogens with one attached hydrogen (secondary N) is 1. The zero-order valence-electron chi connectivity index (χ0n) is 17.7. The second-order valence-corrected chi connectivity index (χ2v) is 10.1. The normalized spacial score (nSPS) is 19.0. The highest BCUT2D eigenvalue weighted by atomic mass is 32.2. The van der Waals surface area contributed by atoms with Gasteiger partial charge in [0, 0.05) is 29.3 Å². The summed E-state index contributed by atoms with van der Waals surface area (Å²) in [6.45, 7) is 0. The number of carboxylic acid groups (broad SMARTS) is 1. The van der Waals surface area contributed by atoms with Gasteiger partial charge in [-0.3, -0.25) is 4.79 Å². The van der Waals surface area contributed by atoms with Gasteiger partial charge in [0.2, 0.25) is 0 Å². The van der Waals surface area contributed by atoms with Gasteiger partial charge in [0.05, 0.1) is 21.8 Å². The molecule has 0 radical (unpaired) electrons. The molecule has 1 aliphatic carbocycles. The minimum atomic E-state index is -4.81. The van der Waals surface area contributed by atoms with E-state index in [2.05, 4.69) is 5.32 Å². The first-order chi connectivity index (χ1) is 16.0. The van der Waals surface area contributed by atoms with E-state index in [9.17, 15) is 36.3 Å². The van der Waals surface area contributed by atoms with Gasteiger partial charge < -0.3 is 10.4 Å². The first-order valence-corrected chi connectivity index (χ1v) is 12.1. The fraction of sp³-hybridized carbons (Fsp3) is 0.250. The third kappa shape index (κ3) is 4.37. The molecule has 0 spiro atoms. The summed E-state index contributed by atoms with van der Waals surface area (Å²) >= 11 is 0. The van der Waals surface area contributed by atoms with Crippen LogP contribution in [0.5, 0.6) is 0 Å². The van der Waals surface area contributed by atoms with Crippen LogP contribution in [0.4, 0.5) is 13.2 Å². The largest absolute Gasteiger partial charge is 0.478 e. The van der Waals surface area contributed by atoms with Gasteiger partial charge in [0.15, 0.2) is 15.6 Å². The summed E-state index contributed by atoms with van der Waals surface area (Å²) in [4.78, 5) is 25.2. The quantitative estimate of drug-likeness (QED) is 0.650. The van der Waals surface area contributed by atoms with Crippen molar-refractivity contribution in [3.05, 3.63) is 88.3 Å². The van der Waals surface area contributed by atoms with E-state index < -0.39 is 56.1 Å². The highest BCUT2D eigenvalue weighted by molar-refractivity contribution is 7.91. The number of rotatable bonds is 5. The molecule has 0 saturated heterocycles. The van der Waals surface area contributed by atoms with Crippen molar-refractivity contribution in [2.45, 2.75) is 36.3 Å². The van der Waals surface area contributed by atoms with Gasteiger partial charge in [-0.05, 0) is 36.6 Å². The number of carboxylic acids is 1. The molecule has 2 aliphatic rings. The maximum Gasteiger partial charge on any atom is 0.416 e. The molecule has 34 heavy (non-hydrogen) atoms. The Morgan fingerprint density at radius 2 is 1.68 bits per heavy atom. The van der Waals surface area contributed by atoms with Crippen LogP contribution in [-0.4, -0.2) is 31.0 Å². The van der Waals surface area contributed by atoms with Crippen molar-refractivity contribution in [2.75, 3.05) is 5.75 Å². The van der Waals surface area contributed by atoms with Crippen molar-refractivity contribution >= 4 is 21.6 Å². The third-order valence-corrected chi connectivity index (χ3v) is 7.56. The van der Waals surface area contributed by atoms with Gasteiger partial charge >= 0.3 is 12.1 Å². The van der Waals surface area contributed by atoms with E-state index in [0.29, 0.717) is 6.42 Å². The van der Waals surface area contributed by atoms with Crippen LogP contribution in [0.1, 0.15) is 36.3 Å². The van der Waals surface area contributed by atoms with Gasteiger partial charge in [0.1, 0.15) is 0 Å². The van der Waals surface area contributed by atoms with Crippen molar-refractivity contribution in [3.63, 3.8) is 0 Å². The number of carbonyl (C=O) groups excluding carboxylic acids is 1. The Kier molecular flexibility index (Phi) is 6.11. The number of alkyl halides is 3. The van der Waals surface area contributed by atoms with E-state index >= 15 is 0 Å². The molecule has 2 aromatic carbocycles. The molecule has 2 N–H and O–H groups in total. The van der Waals surface area contributed by atoms with Crippen molar-refractivity contribution in [2.24, 2.45) is 0 Å². The summed E-state index contributed by atoms with van der Waals surface area (Å²) in [6.07, 6.45) is -4.04. The lowest BCUT2D eigenvalue weighted by molar-refractivity contribution is -0.139. The minimum Gasteiger partial charge on any atom is -0.478 e. The Hall–Kier alpha value is -3.40. The third-order valence-electron chi connectivity index (χ3n) is 5.90. The average Bonchev–Trinajstić information content (AvgIpc) is 2.78. The Balaban J connectivity index is 1.95. The molecule has 0 fully saturated rings. The van der Waals surface area contributed by atoms with Crippen LogP contribution in [0, 0.1) is 0 Å². The molecular formula is C24H20F3NO5S. The second kappa shape index (κ2) is 8.75. The van der Waals surface area contributed by atoms with E-state index in [4.69, 9.17) is 0 Å². The zero-order valence-corrected chi connectivity index (χ0v) is 18.5. The Labute approximate surface area is 193 Å². The van der Waals surface area contributed by atoms with E-state index in [-0.39, 0.29) is 34.7 Å². The number of ketones is 1. The number of dihydropyridines is 1. The summed E-state index contributed by atoms with van der Waals surface area (Å²) < 4.78 is 67.7. The molecule has 10 heteroatoms. The molecular weight excluding hydrogens is 471 g/mol. The Morgan fingerprint density at radius 1 is 1.03 bits per heavy atom. The maximum absolute atomic E-state index is 13.9. The number of sulfone groups is 1. The lowest BCUT2D eigenvalue weighted by Gasteiger charge is -2.35.